The van der Waals surface area contributed by atoms with Gasteiger partial charge in [0.15, 0.2) is 0 Å². The van der Waals surface area contributed by atoms with Gasteiger partial charge in [-0.05, 0) is 0 Å². The van der Waals surface area contributed by atoms with Crippen LogP contribution in [0.25, 0.3) is 0 Å². The van der Waals surface area contributed by atoms with Crippen LogP contribution in [0.1, 0.15) is 0 Å². The lowest BCUT2D eigenvalue weighted by Crippen LogP contribution is -2.50. The van der Waals surface area contributed by atoms with E-state index in [0.29, 0.717) is 0 Å². The zero-order chi connectivity index (χ0) is 10.7. The van der Waals surface area contributed by atoms with Crippen LogP contribution in [-0.2, 0) is 4.79 Å². The number of hydrogen-bond donors (Lipinski definition) is 2. The molecule has 0 spiro atoms. The minimum atomic E-state index is -5.48. The number of carbonyl (C=O) groups excluding carboxylic acids is 1. The minimum absolute atomic E-state index is 0.493. The molecule has 0 aromatic heterocycles. The molecule has 0 rings (SSSR count). The first-order chi connectivity index (χ1) is 5.73. The van der Waals surface area contributed by atoms with E-state index in [2.05, 4.69) is 11.6 Å². The van der Waals surface area contributed by atoms with Gasteiger partial charge in [0.05, 0.1) is 6.61 Å². The Kier molecular flexibility index (Phi) is 3.92. The molecule has 0 radical (unpaired) electrons. The fourth-order valence-electron chi connectivity index (χ4n) is 0.409. The van der Waals surface area contributed by atoms with Crippen molar-refractivity contribution in [2.24, 2.45) is 0 Å². The van der Waals surface area contributed by atoms with Crippen LogP contribution in [0.5, 0.6) is 0 Å². The second-order valence-corrected chi connectivity index (χ2v) is 2.57. The van der Waals surface area contributed by atoms with Crippen molar-refractivity contribution >= 4 is 17.5 Å². The molecule has 0 aliphatic carbocycles. The Balaban J connectivity index is 4.37. The molecule has 2 N–H and O–H groups in total. The average molecular weight is 224 g/mol. The van der Waals surface area contributed by atoms with Crippen LogP contribution in [-0.4, -0.2) is 35.5 Å². The van der Waals surface area contributed by atoms with E-state index < -0.39 is 30.4 Å². The standard InChI is InChI=1S/C5H6ClF4NO2/c6-4(7,5(8,9)10)3(13)11-1-2-12/h12H,1-2H2,(H,11,13)/t4-/m1/s1. The molecule has 0 aliphatic heterocycles. The second kappa shape index (κ2) is 4.10. The molecule has 78 valence electrons. The van der Waals surface area contributed by atoms with Gasteiger partial charge in [0.1, 0.15) is 0 Å². The third-order valence-corrected chi connectivity index (χ3v) is 1.42. The van der Waals surface area contributed by atoms with Crippen molar-refractivity contribution in [3.8, 4) is 0 Å². The molecule has 0 saturated heterocycles. The van der Waals surface area contributed by atoms with Crippen molar-refractivity contribution in [2.75, 3.05) is 13.2 Å². The summed E-state index contributed by atoms with van der Waals surface area (Å²) in [4.78, 5) is 10.4. The molecule has 8 heteroatoms. The van der Waals surface area contributed by atoms with Crippen molar-refractivity contribution in [3.63, 3.8) is 0 Å². The highest BCUT2D eigenvalue weighted by atomic mass is 35.5. The molecule has 0 aromatic rings. The summed E-state index contributed by atoms with van der Waals surface area (Å²) >= 11 is 4.31. The lowest BCUT2D eigenvalue weighted by atomic mass is 10.3. The number of hydrogen-bond acceptors (Lipinski definition) is 2. The predicted molar refractivity (Wildman–Crippen MR) is 35.8 cm³/mol. The number of nitrogens with one attached hydrogen (secondary N) is 1. The van der Waals surface area contributed by atoms with Gasteiger partial charge < -0.3 is 10.4 Å². The third kappa shape index (κ3) is 3.00. The van der Waals surface area contributed by atoms with Gasteiger partial charge in [0.25, 0.3) is 5.91 Å². The Morgan fingerprint density at radius 1 is 1.38 bits per heavy atom. The second-order valence-electron chi connectivity index (χ2n) is 2.05. The fourth-order valence-corrected chi connectivity index (χ4v) is 0.476. The predicted octanol–water partition coefficient (Wildman–Crippen LogP) is 0.562. The molecule has 1 atom stereocenters. The van der Waals surface area contributed by atoms with Crippen LogP contribution < -0.4 is 5.32 Å². The van der Waals surface area contributed by atoms with Gasteiger partial charge in [0, 0.05) is 6.54 Å². The van der Waals surface area contributed by atoms with E-state index in [0.717, 1.165) is 0 Å². The maximum atomic E-state index is 12.5. The van der Waals surface area contributed by atoms with Gasteiger partial charge in [-0.15, -0.1) is 0 Å². The highest BCUT2D eigenvalue weighted by molar-refractivity contribution is 6.34. The number of carbonyl (C=O) groups is 1. The van der Waals surface area contributed by atoms with Crippen LogP contribution in [0.2, 0.25) is 0 Å². The Morgan fingerprint density at radius 2 is 1.85 bits per heavy atom. The number of amides is 1. The van der Waals surface area contributed by atoms with Crippen molar-refractivity contribution < 1.29 is 27.5 Å². The van der Waals surface area contributed by atoms with Crippen LogP contribution in [0, 0.1) is 0 Å². The SMILES string of the molecule is O=C(NCCO)[C@](F)(Cl)C(F)(F)F. The highest BCUT2D eigenvalue weighted by Gasteiger charge is 2.60. The van der Waals surface area contributed by atoms with Gasteiger partial charge in [-0.1, -0.05) is 11.6 Å². The third-order valence-electron chi connectivity index (χ3n) is 1.04. The molecule has 0 fully saturated rings. The minimum Gasteiger partial charge on any atom is -0.395 e. The summed E-state index contributed by atoms with van der Waals surface area (Å²) in [5, 5.41) is 5.14. The molecule has 13 heavy (non-hydrogen) atoms. The smallest absolute Gasteiger partial charge is 0.395 e. The number of halogens is 5. The summed E-state index contributed by atoms with van der Waals surface area (Å²) in [5.41, 5.74) is 0. The van der Waals surface area contributed by atoms with E-state index in [1.165, 1.54) is 5.32 Å². The van der Waals surface area contributed by atoms with E-state index in [4.69, 9.17) is 5.11 Å². The van der Waals surface area contributed by atoms with Crippen LogP contribution in [0.15, 0.2) is 0 Å². The zero-order valence-electron chi connectivity index (χ0n) is 6.16. The van der Waals surface area contributed by atoms with Gasteiger partial charge in [-0.3, -0.25) is 4.79 Å². The van der Waals surface area contributed by atoms with Crippen molar-refractivity contribution in [3.05, 3.63) is 0 Å². The van der Waals surface area contributed by atoms with E-state index in [9.17, 15) is 22.4 Å². The molecule has 0 bridgehead atoms. The molecule has 0 saturated carbocycles. The molecule has 3 nitrogen and oxygen atoms in total. The molecule has 0 unspecified atom stereocenters. The quantitative estimate of drug-likeness (QED) is 0.543. The Labute approximate surface area is 75.7 Å². The summed E-state index contributed by atoms with van der Waals surface area (Å²) in [6.45, 7) is -1.09. The van der Waals surface area contributed by atoms with Crippen molar-refractivity contribution in [1.82, 2.24) is 5.32 Å². The van der Waals surface area contributed by atoms with E-state index in [1.807, 2.05) is 0 Å². The topological polar surface area (TPSA) is 49.3 Å². The first-order valence-electron chi connectivity index (χ1n) is 3.07. The zero-order valence-corrected chi connectivity index (χ0v) is 6.92. The fraction of sp³-hybridized carbons (Fsp3) is 0.800. The average Bonchev–Trinajstić information content (AvgIpc) is 1.97. The van der Waals surface area contributed by atoms with E-state index in [1.54, 1.807) is 0 Å². The Bertz CT molecular complexity index is 193. The number of rotatable bonds is 3. The van der Waals surface area contributed by atoms with E-state index >= 15 is 0 Å². The molecular formula is C5H6ClF4NO2. The molecular weight excluding hydrogens is 218 g/mol. The number of aliphatic hydroxyl groups is 1. The van der Waals surface area contributed by atoms with Gasteiger partial charge in [0.2, 0.25) is 0 Å². The van der Waals surface area contributed by atoms with Crippen molar-refractivity contribution in [1.29, 1.82) is 0 Å². The van der Waals surface area contributed by atoms with Gasteiger partial charge >= 0.3 is 11.3 Å². The lowest BCUT2D eigenvalue weighted by molar-refractivity contribution is -0.200. The summed E-state index contributed by atoms with van der Waals surface area (Å²) < 4.78 is 47.5. The Morgan fingerprint density at radius 3 is 2.15 bits per heavy atom. The summed E-state index contributed by atoms with van der Waals surface area (Å²) in [7, 11) is 0. The van der Waals surface area contributed by atoms with Crippen molar-refractivity contribution in [2.45, 2.75) is 11.3 Å². The first kappa shape index (κ1) is 12.4. The number of alkyl halides is 5. The number of aliphatic hydroxyl groups excluding tert-OH is 1. The van der Waals surface area contributed by atoms with Gasteiger partial charge in [-0.2, -0.15) is 13.2 Å². The maximum Gasteiger partial charge on any atom is 0.446 e. The van der Waals surface area contributed by atoms with Crippen LogP contribution >= 0.6 is 11.6 Å². The molecule has 0 heterocycles. The Hall–Kier alpha value is -0.560. The monoisotopic (exact) mass is 223 g/mol. The van der Waals surface area contributed by atoms with Crippen LogP contribution in [0.3, 0.4) is 0 Å². The molecule has 0 aliphatic rings. The maximum absolute atomic E-state index is 12.5. The van der Waals surface area contributed by atoms with Gasteiger partial charge in [-0.25, -0.2) is 4.39 Å². The highest BCUT2D eigenvalue weighted by Crippen LogP contribution is 2.37. The molecule has 0 aromatic carbocycles. The van der Waals surface area contributed by atoms with E-state index in [-0.39, 0.29) is 0 Å². The molecule has 1 amide bonds. The summed E-state index contributed by atoms with van der Waals surface area (Å²) in [5.74, 6) is -2.03. The summed E-state index contributed by atoms with van der Waals surface area (Å²) in [6.07, 6.45) is -5.48. The first-order valence-corrected chi connectivity index (χ1v) is 3.45. The normalized spacial score (nSPS) is 16.5. The largest absolute Gasteiger partial charge is 0.446 e. The summed E-state index contributed by atoms with van der Waals surface area (Å²) in [6, 6.07) is 0. The lowest BCUT2D eigenvalue weighted by Gasteiger charge is -2.19. The van der Waals surface area contributed by atoms with Crippen LogP contribution in [0.4, 0.5) is 17.6 Å².